The second-order valence-corrected chi connectivity index (χ2v) is 7.41. The molecule has 0 aromatic heterocycles. The highest BCUT2D eigenvalue weighted by atomic mass is 31.2. The molecule has 0 saturated heterocycles. The predicted molar refractivity (Wildman–Crippen MR) is 66.4 cm³/mol. The average molecular weight is 299 g/mol. The summed E-state index contributed by atoms with van der Waals surface area (Å²) in [5.41, 5.74) is 0.0154. The van der Waals surface area contributed by atoms with Gasteiger partial charge in [-0.2, -0.15) is 0 Å². The number of nitrogens with zero attached hydrogens (tertiary/aromatic N) is 1. The molecule has 18 heavy (non-hydrogen) atoms. The summed E-state index contributed by atoms with van der Waals surface area (Å²) in [5.74, 6) is 0. The van der Waals surface area contributed by atoms with Crippen LogP contribution in [0.25, 0.3) is 0 Å². The lowest BCUT2D eigenvalue weighted by atomic mass is 10.2. The Hall–Kier alpha value is -0.590. The number of aliphatic imine (C=N–C) groups is 1. The van der Waals surface area contributed by atoms with Gasteiger partial charge < -0.3 is 24.7 Å². The van der Waals surface area contributed by atoms with E-state index in [4.69, 9.17) is 19.6 Å². The fraction of sp³-hybridized carbons (Fsp3) is 0.375. The van der Waals surface area contributed by atoms with Gasteiger partial charge in [0.1, 0.15) is 0 Å². The van der Waals surface area contributed by atoms with Gasteiger partial charge >= 0.3 is 15.2 Å². The van der Waals surface area contributed by atoms with Gasteiger partial charge in [0.2, 0.25) is 0 Å². The molecule has 10 heteroatoms. The van der Waals surface area contributed by atoms with Crippen molar-refractivity contribution in [1.82, 2.24) is 0 Å². The second-order valence-electron chi connectivity index (χ2n) is 3.40. The molecule has 0 amide bonds. The van der Waals surface area contributed by atoms with Crippen molar-refractivity contribution >= 4 is 21.4 Å². The number of hydrogen-bond acceptors (Lipinski definition) is 4. The minimum absolute atomic E-state index is 0.0154. The second kappa shape index (κ2) is 6.04. The third kappa shape index (κ3) is 3.96. The maximum Gasteiger partial charge on any atom is 0.369 e. The molecule has 104 valence electrons. The standard InChI is InChI=1S/C8H15NO7P2/c1-3-4-7(6-9-2)5-8(10,17(11,12)13)18(14,15)16/h3-4,6,10H,1,5H2,2H3,(H2,11,12,13)(H2,14,15,16). The van der Waals surface area contributed by atoms with Crippen molar-refractivity contribution in [2.75, 3.05) is 7.05 Å². The summed E-state index contributed by atoms with van der Waals surface area (Å²) in [6, 6.07) is 0. The molecule has 0 fully saturated rings. The Morgan fingerprint density at radius 2 is 1.72 bits per heavy atom. The average Bonchev–Trinajstić information content (AvgIpc) is 2.14. The first kappa shape index (κ1) is 17.4. The van der Waals surface area contributed by atoms with Gasteiger partial charge in [-0.15, -0.1) is 0 Å². The molecule has 0 aromatic rings. The summed E-state index contributed by atoms with van der Waals surface area (Å²) in [6.07, 6.45) is 2.61. The van der Waals surface area contributed by atoms with Gasteiger partial charge in [0.15, 0.2) is 0 Å². The molecule has 0 radical (unpaired) electrons. The van der Waals surface area contributed by atoms with E-state index in [1.165, 1.54) is 19.2 Å². The van der Waals surface area contributed by atoms with E-state index < -0.39 is 26.7 Å². The molecule has 0 bridgehead atoms. The zero-order chi connectivity index (χ0) is 14.6. The first-order valence-electron chi connectivity index (χ1n) is 4.57. The Bertz CT molecular complexity index is 436. The van der Waals surface area contributed by atoms with Crippen molar-refractivity contribution < 1.29 is 33.8 Å². The zero-order valence-electron chi connectivity index (χ0n) is 9.54. The molecular formula is C8H15NO7P2. The minimum atomic E-state index is -5.45. The van der Waals surface area contributed by atoms with Crippen molar-refractivity contribution in [3.8, 4) is 0 Å². The Morgan fingerprint density at radius 3 is 2.00 bits per heavy atom. The molecule has 0 aromatic carbocycles. The topological polar surface area (TPSA) is 148 Å². The highest BCUT2D eigenvalue weighted by Gasteiger charge is 2.59. The minimum Gasteiger partial charge on any atom is -0.367 e. The van der Waals surface area contributed by atoms with Crippen molar-refractivity contribution in [3.63, 3.8) is 0 Å². The molecule has 0 aliphatic heterocycles. The van der Waals surface area contributed by atoms with Crippen LogP contribution in [0.1, 0.15) is 6.42 Å². The van der Waals surface area contributed by atoms with Crippen LogP contribution in [0.15, 0.2) is 29.3 Å². The van der Waals surface area contributed by atoms with Crippen molar-refractivity contribution in [2.24, 2.45) is 4.99 Å². The summed E-state index contributed by atoms with van der Waals surface area (Å²) in [5, 5.41) is 6.17. The van der Waals surface area contributed by atoms with Crippen molar-refractivity contribution in [2.45, 2.75) is 11.5 Å². The summed E-state index contributed by atoms with van der Waals surface area (Å²) >= 11 is 0. The molecule has 8 nitrogen and oxygen atoms in total. The Labute approximate surface area is 104 Å². The van der Waals surface area contributed by atoms with Gasteiger partial charge in [-0.05, 0) is 5.57 Å². The maximum absolute atomic E-state index is 11.1. The van der Waals surface area contributed by atoms with E-state index in [0.29, 0.717) is 0 Å². The normalized spacial score (nSPS) is 15.1. The highest BCUT2D eigenvalue weighted by molar-refractivity contribution is 7.72. The van der Waals surface area contributed by atoms with Crippen LogP contribution in [-0.2, 0) is 9.13 Å². The number of aliphatic hydroxyl groups is 1. The molecule has 0 atom stereocenters. The van der Waals surface area contributed by atoms with E-state index in [-0.39, 0.29) is 5.57 Å². The van der Waals surface area contributed by atoms with Crippen LogP contribution in [-0.4, -0.2) is 43.0 Å². The summed E-state index contributed by atoms with van der Waals surface area (Å²) in [4.78, 5) is 39.3. The molecule has 0 rings (SSSR count). The molecule has 0 aliphatic carbocycles. The van der Waals surface area contributed by atoms with Gasteiger partial charge in [-0.25, -0.2) is 0 Å². The van der Waals surface area contributed by atoms with E-state index in [1.807, 2.05) is 0 Å². The monoisotopic (exact) mass is 299 g/mol. The third-order valence-corrected chi connectivity index (χ3v) is 5.75. The fourth-order valence-electron chi connectivity index (χ4n) is 1.11. The lowest BCUT2D eigenvalue weighted by Gasteiger charge is -2.29. The van der Waals surface area contributed by atoms with Crippen LogP contribution in [0.4, 0.5) is 0 Å². The molecule has 0 heterocycles. The van der Waals surface area contributed by atoms with Crippen molar-refractivity contribution in [3.05, 3.63) is 24.3 Å². The molecule has 0 unspecified atom stereocenters. The fourth-order valence-corrected chi connectivity index (χ4v) is 3.25. The van der Waals surface area contributed by atoms with Crippen LogP contribution >= 0.6 is 15.2 Å². The van der Waals surface area contributed by atoms with Gasteiger partial charge in [0, 0.05) is 19.7 Å². The SMILES string of the molecule is C=CC=C(C=NC)CC(O)(P(=O)(O)O)P(=O)(O)O. The van der Waals surface area contributed by atoms with Gasteiger partial charge in [0.25, 0.3) is 5.08 Å². The Morgan fingerprint density at radius 1 is 1.28 bits per heavy atom. The third-order valence-electron chi connectivity index (χ3n) is 2.00. The van der Waals surface area contributed by atoms with Crippen LogP contribution in [0.3, 0.4) is 0 Å². The van der Waals surface area contributed by atoms with Gasteiger partial charge in [-0.3, -0.25) is 14.1 Å². The van der Waals surface area contributed by atoms with Crippen LogP contribution < -0.4 is 0 Å². The van der Waals surface area contributed by atoms with Gasteiger partial charge in [0.05, 0.1) is 0 Å². The smallest absolute Gasteiger partial charge is 0.367 e. The number of hydrogen-bond donors (Lipinski definition) is 5. The molecule has 0 saturated carbocycles. The lowest BCUT2D eigenvalue weighted by molar-refractivity contribution is 0.132. The molecule has 0 spiro atoms. The maximum atomic E-state index is 11.1. The van der Waals surface area contributed by atoms with E-state index in [2.05, 4.69) is 11.6 Å². The Balaban J connectivity index is 5.68. The van der Waals surface area contributed by atoms with Crippen molar-refractivity contribution in [1.29, 1.82) is 0 Å². The van der Waals surface area contributed by atoms with E-state index in [1.54, 1.807) is 0 Å². The lowest BCUT2D eigenvalue weighted by Crippen LogP contribution is -2.29. The Kier molecular flexibility index (Phi) is 5.84. The summed E-state index contributed by atoms with van der Waals surface area (Å²) < 4.78 is 22.2. The van der Waals surface area contributed by atoms with E-state index in [0.717, 1.165) is 6.21 Å². The predicted octanol–water partition coefficient (Wildman–Crippen LogP) is 0.191. The van der Waals surface area contributed by atoms with Crippen LogP contribution in [0, 0.1) is 0 Å². The first-order valence-corrected chi connectivity index (χ1v) is 7.79. The van der Waals surface area contributed by atoms with E-state index >= 15 is 0 Å². The molecule has 0 aliphatic rings. The highest BCUT2D eigenvalue weighted by Crippen LogP contribution is 2.69. The van der Waals surface area contributed by atoms with Gasteiger partial charge in [-0.1, -0.05) is 18.7 Å². The molecule has 5 N–H and O–H groups in total. The molecular weight excluding hydrogens is 284 g/mol. The van der Waals surface area contributed by atoms with Crippen LogP contribution in [0.2, 0.25) is 0 Å². The largest absolute Gasteiger partial charge is 0.369 e. The number of rotatable bonds is 6. The van der Waals surface area contributed by atoms with E-state index in [9.17, 15) is 14.2 Å². The number of allylic oxidation sites excluding steroid dienone is 2. The quantitative estimate of drug-likeness (QED) is 0.267. The zero-order valence-corrected chi connectivity index (χ0v) is 11.3. The summed E-state index contributed by atoms with van der Waals surface area (Å²) in [7, 11) is -9.56. The first-order chi connectivity index (χ1) is 7.99. The summed E-state index contributed by atoms with van der Waals surface area (Å²) in [6.45, 7) is 3.33. The van der Waals surface area contributed by atoms with Crippen LogP contribution in [0.5, 0.6) is 0 Å².